The number of carbonyl (C=O) groups is 2. The summed E-state index contributed by atoms with van der Waals surface area (Å²) in [6.45, 7) is 4.12. The standard InChI is InChI=1S/C24H24ClN3O5S/c1-14-10-17(11-15(2)21(14)27-8-3-4-16(7-9-29)23(27)31)28-13-18(33-24(28)32)12-26-22(30)19-5-6-20(25)34-19/h3-6,8,10-11,18,29H,7,9,12-13H2,1-2H3,(H,26,30)/t18-/m0/s1. The van der Waals surface area contributed by atoms with Crippen LogP contribution in [0.3, 0.4) is 0 Å². The molecule has 1 saturated heterocycles. The summed E-state index contributed by atoms with van der Waals surface area (Å²) >= 11 is 7.06. The van der Waals surface area contributed by atoms with E-state index in [0.29, 0.717) is 20.5 Å². The maximum Gasteiger partial charge on any atom is 0.414 e. The van der Waals surface area contributed by atoms with E-state index in [1.54, 1.807) is 35.0 Å². The molecule has 1 aliphatic heterocycles. The molecule has 178 valence electrons. The molecule has 10 heteroatoms. The number of aliphatic hydroxyl groups excluding tert-OH is 1. The van der Waals surface area contributed by atoms with Gasteiger partial charge >= 0.3 is 6.09 Å². The monoisotopic (exact) mass is 501 g/mol. The molecule has 0 bridgehead atoms. The number of thiophene rings is 1. The van der Waals surface area contributed by atoms with Crippen LogP contribution in [0.1, 0.15) is 26.4 Å². The van der Waals surface area contributed by atoms with Crippen molar-refractivity contribution in [3.8, 4) is 5.69 Å². The van der Waals surface area contributed by atoms with Crippen LogP contribution in [0.15, 0.2) is 47.4 Å². The lowest BCUT2D eigenvalue weighted by Crippen LogP contribution is -2.34. The molecule has 0 spiro atoms. The zero-order valence-electron chi connectivity index (χ0n) is 18.7. The molecular weight excluding hydrogens is 478 g/mol. The molecule has 1 fully saturated rings. The highest BCUT2D eigenvalue weighted by Crippen LogP contribution is 2.28. The number of aliphatic hydroxyl groups is 1. The predicted molar refractivity (Wildman–Crippen MR) is 132 cm³/mol. The van der Waals surface area contributed by atoms with Crippen LogP contribution in [0, 0.1) is 13.8 Å². The summed E-state index contributed by atoms with van der Waals surface area (Å²) in [6, 6.07) is 10.5. The van der Waals surface area contributed by atoms with Crippen LogP contribution in [0.4, 0.5) is 10.5 Å². The van der Waals surface area contributed by atoms with Crippen LogP contribution in [0.25, 0.3) is 5.69 Å². The number of anilines is 1. The van der Waals surface area contributed by atoms with Crippen molar-refractivity contribution < 1.29 is 19.4 Å². The van der Waals surface area contributed by atoms with Gasteiger partial charge in [-0.2, -0.15) is 0 Å². The second-order valence-electron chi connectivity index (χ2n) is 8.04. The van der Waals surface area contributed by atoms with E-state index in [-0.39, 0.29) is 37.6 Å². The number of rotatable bonds is 7. The van der Waals surface area contributed by atoms with E-state index < -0.39 is 12.2 Å². The molecule has 1 aromatic carbocycles. The van der Waals surface area contributed by atoms with Crippen molar-refractivity contribution in [3.63, 3.8) is 0 Å². The molecule has 2 amide bonds. The number of halogens is 1. The molecule has 0 unspecified atom stereocenters. The number of hydrogen-bond acceptors (Lipinski definition) is 6. The summed E-state index contributed by atoms with van der Waals surface area (Å²) in [7, 11) is 0. The highest BCUT2D eigenvalue weighted by Gasteiger charge is 2.33. The van der Waals surface area contributed by atoms with Gasteiger partial charge in [-0.3, -0.25) is 19.1 Å². The minimum Gasteiger partial charge on any atom is -0.442 e. The van der Waals surface area contributed by atoms with Crippen LogP contribution in [0.2, 0.25) is 4.34 Å². The van der Waals surface area contributed by atoms with Gasteiger partial charge in [-0.1, -0.05) is 17.7 Å². The first-order valence-corrected chi connectivity index (χ1v) is 11.9. The van der Waals surface area contributed by atoms with Gasteiger partial charge in [-0.05, 0) is 55.3 Å². The SMILES string of the molecule is Cc1cc(N2C[C@H](CNC(=O)c3ccc(Cl)s3)OC2=O)cc(C)c1-n1cccc(CCO)c1=O. The van der Waals surface area contributed by atoms with Crippen molar-refractivity contribution in [2.24, 2.45) is 0 Å². The zero-order chi connectivity index (χ0) is 24.4. The van der Waals surface area contributed by atoms with E-state index in [0.717, 1.165) is 16.8 Å². The third-order valence-electron chi connectivity index (χ3n) is 5.60. The van der Waals surface area contributed by atoms with Crippen molar-refractivity contribution in [2.45, 2.75) is 26.4 Å². The Bertz CT molecular complexity index is 1280. The second-order valence-corrected chi connectivity index (χ2v) is 9.76. The number of pyridine rings is 1. The number of amides is 2. The van der Waals surface area contributed by atoms with E-state index in [2.05, 4.69) is 5.32 Å². The molecule has 8 nitrogen and oxygen atoms in total. The van der Waals surface area contributed by atoms with Crippen molar-refractivity contribution in [1.82, 2.24) is 9.88 Å². The fourth-order valence-electron chi connectivity index (χ4n) is 4.06. The summed E-state index contributed by atoms with van der Waals surface area (Å²) in [5.74, 6) is -0.267. The van der Waals surface area contributed by atoms with Gasteiger partial charge in [-0.25, -0.2) is 4.79 Å². The number of cyclic esters (lactones) is 1. The van der Waals surface area contributed by atoms with Crippen LogP contribution in [-0.4, -0.2) is 47.5 Å². The maximum absolute atomic E-state index is 12.9. The molecule has 3 heterocycles. The van der Waals surface area contributed by atoms with Gasteiger partial charge in [0.2, 0.25) is 0 Å². The smallest absolute Gasteiger partial charge is 0.414 e. The lowest BCUT2D eigenvalue weighted by molar-refractivity contribution is 0.0920. The molecule has 3 aromatic rings. The van der Waals surface area contributed by atoms with Gasteiger partial charge in [0, 0.05) is 30.5 Å². The van der Waals surface area contributed by atoms with Crippen molar-refractivity contribution in [2.75, 3.05) is 24.6 Å². The Balaban J connectivity index is 1.51. The Morgan fingerprint density at radius 3 is 2.62 bits per heavy atom. The number of aromatic nitrogens is 1. The molecule has 0 radical (unpaired) electrons. The normalized spacial score (nSPS) is 15.5. The maximum atomic E-state index is 12.9. The van der Waals surface area contributed by atoms with Gasteiger partial charge in [0.15, 0.2) is 0 Å². The van der Waals surface area contributed by atoms with E-state index in [9.17, 15) is 19.5 Å². The number of ether oxygens (including phenoxy) is 1. The molecule has 2 N–H and O–H groups in total. The fourth-order valence-corrected chi connectivity index (χ4v) is 5.02. The molecule has 1 aliphatic rings. The molecule has 34 heavy (non-hydrogen) atoms. The zero-order valence-corrected chi connectivity index (χ0v) is 20.3. The third kappa shape index (κ3) is 4.86. The summed E-state index contributed by atoms with van der Waals surface area (Å²) in [4.78, 5) is 39.7. The summed E-state index contributed by atoms with van der Waals surface area (Å²) in [6.07, 6.45) is 0.992. The van der Waals surface area contributed by atoms with Crippen molar-refractivity contribution in [1.29, 1.82) is 0 Å². The van der Waals surface area contributed by atoms with E-state index in [1.807, 2.05) is 26.0 Å². The average Bonchev–Trinajstić information content (AvgIpc) is 3.39. The Morgan fingerprint density at radius 2 is 1.97 bits per heavy atom. The summed E-state index contributed by atoms with van der Waals surface area (Å²) < 4.78 is 7.54. The first kappa shape index (κ1) is 24.0. The predicted octanol–water partition coefficient (Wildman–Crippen LogP) is 3.46. The number of nitrogens with zero attached hydrogens (tertiary/aromatic N) is 2. The number of aryl methyl sites for hydroxylation is 2. The van der Waals surface area contributed by atoms with Gasteiger partial charge in [0.25, 0.3) is 11.5 Å². The minimum absolute atomic E-state index is 0.101. The molecule has 4 rings (SSSR count). The molecular formula is C24H24ClN3O5S. The van der Waals surface area contributed by atoms with Crippen LogP contribution < -0.4 is 15.8 Å². The fraction of sp³-hybridized carbons (Fsp3) is 0.292. The topological polar surface area (TPSA) is 101 Å². The van der Waals surface area contributed by atoms with Gasteiger partial charge < -0.3 is 15.2 Å². The van der Waals surface area contributed by atoms with E-state index in [1.165, 1.54) is 16.2 Å². The molecule has 0 aliphatic carbocycles. The molecule has 0 saturated carbocycles. The van der Waals surface area contributed by atoms with E-state index in [4.69, 9.17) is 16.3 Å². The van der Waals surface area contributed by atoms with Gasteiger partial charge in [0.05, 0.1) is 28.0 Å². The Morgan fingerprint density at radius 1 is 1.24 bits per heavy atom. The van der Waals surface area contributed by atoms with Crippen LogP contribution in [0.5, 0.6) is 0 Å². The van der Waals surface area contributed by atoms with E-state index >= 15 is 0 Å². The summed E-state index contributed by atoms with van der Waals surface area (Å²) in [5.41, 5.74) is 3.38. The highest BCUT2D eigenvalue weighted by atomic mass is 35.5. The third-order valence-corrected chi connectivity index (χ3v) is 6.83. The number of benzene rings is 1. The minimum atomic E-state index is -0.495. The van der Waals surface area contributed by atoms with Crippen LogP contribution in [-0.2, 0) is 11.2 Å². The lowest BCUT2D eigenvalue weighted by Gasteiger charge is -2.19. The number of carbonyl (C=O) groups excluding carboxylic acids is 2. The van der Waals surface area contributed by atoms with Gasteiger partial charge in [-0.15, -0.1) is 11.3 Å². The van der Waals surface area contributed by atoms with Gasteiger partial charge in [0.1, 0.15) is 6.10 Å². The van der Waals surface area contributed by atoms with Crippen molar-refractivity contribution in [3.05, 3.63) is 78.9 Å². The Hall–Kier alpha value is -3.14. The lowest BCUT2D eigenvalue weighted by atomic mass is 10.1. The molecule has 2 aromatic heterocycles. The molecule has 1 atom stereocenters. The first-order chi connectivity index (χ1) is 16.3. The Labute approximate surface area is 205 Å². The largest absolute Gasteiger partial charge is 0.442 e. The van der Waals surface area contributed by atoms with Crippen LogP contribution >= 0.6 is 22.9 Å². The quantitative estimate of drug-likeness (QED) is 0.516. The number of hydrogen-bond donors (Lipinski definition) is 2. The highest BCUT2D eigenvalue weighted by molar-refractivity contribution is 7.18. The average molecular weight is 502 g/mol. The Kier molecular flexibility index (Phi) is 7.06. The first-order valence-electron chi connectivity index (χ1n) is 10.7. The number of nitrogens with one attached hydrogen (secondary N) is 1. The van der Waals surface area contributed by atoms with Crippen molar-refractivity contribution >= 4 is 40.6 Å². The summed E-state index contributed by atoms with van der Waals surface area (Å²) in [5, 5.41) is 12.0. The second kappa shape index (κ2) is 10.0.